The fourth-order valence-corrected chi connectivity index (χ4v) is 2.78. The van der Waals surface area contributed by atoms with Crippen LogP contribution in [0.4, 0.5) is 4.39 Å². The maximum atomic E-state index is 13.8. The van der Waals surface area contributed by atoms with Crippen LogP contribution < -0.4 is 0 Å². The van der Waals surface area contributed by atoms with Gasteiger partial charge in [-0.1, -0.05) is 25.4 Å². The predicted octanol–water partition coefficient (Wildman–Crippen LogP) is 5.00. The number of nitrogens with zero attached hydrogens (tertiary/aromatic N) is 2. The Morgan fingerprint density at radius 2 is 2.10 bits per heavy atom. The zero-order valence-electron chi connectivity index (χ0n) is 12.0. The van der Waals surface area contributed by atoms with Crippen LogP contribution in [0.3, 0.4) is 0 Å². The molecule has 0 radical (unpaired) electrons. The number of halogens is 2. The van der Waals surface area contributed by atoms with Crippen molar-refractivity contribution in [3.63, 3.8) is 0 Å². The maximum Gasteiger partial charge on any atom is 0.146 e. The normalized spacial score (nSPS) is 11.5. The van der Waals surface area contributed by atoms with Crippen molar-refractivity contribution >= 4 is 22.5 Å². The molecule has 1 aromatic carbocycles. The highest BCUT2D eigenvalue weighted by Gasteiger charge is 2.13. The average molecular weight is 303 g/mol. The van der Waals surface area contributed by atoms with Gasteiger partial charge in [-0.2, -0.15) is 0 Å². The van der Waals surface area contributed by atoms with Crippen molar-refractivity contribution in [1.82, 2.24) is 9.55 Å². The van der Waals surface area contributed by atoms with Crippen molar-refractivity contribution in [1.29, 1.82) is 0 Å². The molecule has 2 nitrogen and oxygen atoms in total. The minimum Gasteiger partial charge on any atom is -0.343 e. The lowest BCUT2D eigenvalue weighted by Crippen LogP contribution is -2.01. The second-order valence-corrected chi connectivity index (χ2v) is 5.93. The molecule has 21 heavy (non-hydrogen) atoms. The van der Waals surface area contributed by atoms with E-state index in [4.69, 9.17) is 11.6 Å². The molecule has 0 spiro atoms. The minimum atomic E-state index is -0.278. The Balaban J connectivity index is 2.13. The smallest absolute Gasteiger partial charge is 0.146 e. The number of aromatic nitrogens is 2. The predicted molar refractivity (Wildman–Crippen MR) is 84.3 cm³/mol. The van der Waals surface area contributed by atoms with Gasteiger partial charge in [0.05, 0.1) is 12.7 Å². The molecule has 0 bridgehead atoms. The van der Waals surface area contributed by atoms with Crippen molar-refractivity contribution in [3.8, 4) is 0 Å². The van der Waals surface area contributed by atoms with Crippen LogP contribution in [0.5, 0.6) is 0 Å². The van der Waals surface area contributed by atoms with Gasteiger partial charge in [0.2, 0.25) is 0 Å². The standard InChI is InChI=1S/C17H16ClFN2/c1-11(2)15-10-21(9-12-5-6-20-8-16(12)19)17-4-3-13(18)7-14(15)17/h3-8,10-11H,9H2,1-2H3. The molecule has 0 unspecified atom stereocenters. The third-order valence-corrected chi connectivity index (χ3v) is 3.93. The second-order valence-electron chi connectivity index (χ2n) is 5.50. The van der Waals surface area contributed by atoms with E-state index in [0.717, 1.165) is 15.9 Å². The van der Waals surface area contributed by atoms with E-state index in [9.17, 15) is 4.39 Å². The van der Waals surface area contributed by atoms with Gasteiger partial charge in [0, 0.05) is 33.9 Å². The molecule has 0 atom stereocenters. The SMILES string of the molecule is CC(C)c1cn(Cc2ccncc2F)c2ccc(Cl)cc12. The van der Waals surface area contributed by atoms with Gasteiger partial charge in [0.1, 0.15) is 5.82 Å². The summed E-state index contributed by atoms with van der Waals surface area (Å²) in [5.41, 5.74) is 2.92. The molecule has 3 aromatic rings. The van der Waals surface area contributed by atoms with Gasteiger partial charge < -0.3 is 4.57 Å². The Morgan fingerprint density at radius 3 is 2.81 bits per heavy atom. The van der Waals surface area contributed by atoms with Crippen LogP contribution in [-0.2, 0) is 6.54 Å². The largest absolute Gasteiger partial charge is 0.343 e. The first-order valence-corrected chi connectivity index (χ1v) is 7.30. The van der Waals surface area contributed by atoms with E-state index in [1.165, 1.54) is 11.8 Å². The Hall–Kier alpha value is -1.87. The summed E-state index contributed by atoms with van der Waals surface area (Å²) < 4.78 is 15.9. The highest BCUT2D eigenvalue weighted by atomic mass is 35.5. The first kappa shape index (κ1) is 14.1. The summed E-state index contributed by atoms with van der Waals surface area (Å²) in [6, 6.07) is 7.55. The number of pyridine rings is 1. The number of rotatable bonds is 3. The van der Waals surface area contributed by atoms with E-state index < -0.39 is 0 Å². The minimum absolute atomic E-state index is 0.278. The summed E-state index contributed by atoms with van der Waals surface area (Å²) in [6.07, 6.45) is 4.96. The summed E-state index contributed by atoms with van der Waals surface area (Å²) in [7, 11) is 0. The summed E-state index contributed by atoms with van der Waals surface area (Å²) >= 11 is 6.11. The summed E-state index contributed by atoms with van der Waals surface area (Å²) in [6.45, 7) is 4.78. The first-order chi connectivity index (χ1) is 10.1. The van der Waals surface area contributed by atoms with E-state index in [2.05, 4.69) is 29.6 Å². The Kier molecular flexibility index (Phi) is 3.68. The zero-order valence-corrected chi connectivity index (χ0v) is 12.7. The molecule has 0 aliphatic rings. The van der Waals surface area contributed by atoms with Gasteiger partial charge in [0.25, 0.3) is 0 Å². The van der Waals surface area contributed by atoms with Gasteiger partial charge in [-0.3, -0.25) is 4.98 Å². The van der Waals surface area contributed by atoms with E-state index in [0.29, 0.717) is 18.0 Å². The third-order valence-electron chi connectivity index (χ3n) is 3.69. The van der Waals surface area contributed by atoms with Crippen LogP contribution in [0.25, 0.3) is 10.9 Å². The van der Waals surface area contributed by atoms with Crippen molar-refractivity contribution in [2.45, 2.75) is 26.3 Å². The van der Waals surface area contributed by atoms with E-state index in [1.807, 2.05) is 18.2 Å². The van der Waals surface area contributed by atoms with Crippen LogP contribution in [-0.4, -0.2) is 9.55 Å². The Labute approximate surface area is 128 Å². The van der Waals surface area contributed by atoms with Gasteiger partial charge in [-0.05, 0) is 35.7 Å². The van der Waals surface area contributed by atoms with Crippen molar-refractivity contribution in [2.24, 2.45) is 0 Å². The lowest BCUT2D eigenvalue weighted by Gasteiger charge is -2.06. The van der Waals surface area contributed by atoms with Crippen LogP contribution in [0.2, 0.25) is 5.02 Å². The Bertz CT molecular complexity index is 793. The fraction of sp³-hybridized carbons (Fsp3) is 0.235. The molecule has 0 amide bonds. The average Bonchev–Trinajstić information content (AvgIpc) is 2.79. The fourth-order valence-electron chi connectivity index (χ4n) is 2.60. The second kappa shape index (κ2) is 5.49. The van der Waals surface area contributed by atoms with Crippen LogP contribution in [0, 0.1) is 5.82 Å². The van der Waals surface area contributed by atoms with E-state index >= 15 is 0 Å². The first-order valence-electron chi connectivity index (χ1n) is 6.93. The maximum absolute atomic E-state index is 13.8. The molecule has 3 rings (SSSR count). The molecule has 2 heterocycles. The van der Waals surface area contributed by atoms with Crippen LogP contribution >= 0.6 is 11.6 Å². The molecule has 0 saturated heterocycles. The number of benzene rings is 1. The molecule has 2 aromatic heterocycles. The number of fused-ring (bicyclic) bond motifs is 1. The van der Waals surface area contributed by atoms with Gasteiger partial charge in [-0.15, -0.1) is 0 Å². The van der Waals surface area contributed by atoms with Gasteiger partial charge >= 0.3 is 0 Å². The van der Waals surface area contributed by atoms with Gasteiger partial charge in [-0.25, -0.2) is 4.39 Å². The molecule has 0 saturated carbocycles. The van der Waals surface area contributed by atoms with Crippen molar-refractivity contribution < 1.29 is 4.39 Å². The van der Waals surface area contributed by atoms with E-state index in [-0.39, 0.29) is 5.82 Å². The summed E-state index contributed by atoms with van der Waals surface area (Å²) in [5, 5.41) is 1.85. The number of hydrogen-bond donors (Lipinski definition) is 0. The molecule has 0 N–H and O–H groups in total. The number of hydrogen-bond acceptors (Lipinski definition) is 1. The monoisotopic (exact) mass is 302 g/mol. The van der Waals surface area contributed by atoms with E-state index in [1.54, 1.807) is 12.3 Å². The van der Waals surface area contributed by atoms with Crippen molar-refractivity contribution in [2.75, 3.05) is 0 Å². The summed E-state index contributed by atoms with van der Waals surface area (Å²) in [5.74, 6) is 0.105. The lowest BCUT2D eigenvalue weighted by molar-refractivity contribution is 0.595. The molecule has 0 aliphatic heterocycles. The quantitative estimate of drug-likeness (QED) is 0.665. The lowest BCUT2D eigenvalue weighted by atomic mass is 10.0. The van der Waals surface area contributed by atoms with Crippen LogP contribution in [0.15, 0.2) is 42.9 Å². The highest BCUT2D eigenvalue weighted by Crippen LogP contribution is 2.30. The molecule has 0 aliphatic carbocycles. The molecular formula is C17H16ClFN2. The summed E-state index contributed by atoms with van der Waals surface area (Å²) in [4.78, 5) is 3.79. The van der Waals surface area contributed by atoms with Gasteiger partial charge in [0.15, 0.2) is 0 Å². The Morgan fingerprint density at radius 1 is 1.29 bits per heavy atom. The van der Waals surface area contributed by atoms with Crippen LogP contribution in [0.1, 0.15) is 30.9 Å². The van der Waals surface area contributed by atoms with Crippen molar-refractivity contribution in [3.05, 3.63) is 64.8 Å². The zero-order chi connectivity index (χ0) is 15.0. The molecule has 4 heteroatoms. The molecule has 0 fully saturated rings. The highest BCUT2D eigenvalue weighted by molar-refractivity contribution is 6.31. The topological polar surface area (TPSA) is 17.8 Å². The molecule has 108 valence electrons. The molecular weight excluding hydrogens is 287 g/mol. The third kappa shape index (κ3) is 2.66.